The maximum absolute atomic E-state index is 11.0. The van der Waals surface area contributed by atoms with E-state index in [0.29, 0.717) is 26.2 Å². The van der Waals surface area contributed by atoms with Crippen LogP contribution in [0.25, 0.3) is 0 Å². The maximum Gasteiger partial charge on any atom is 0.276 e. The number of hydrogen-bond acceptors (Lipinski definition) is 3. The quantitative estimate of drug-likeness (QED) is 0.598. The van der Waals surface area contributed by atoms with Gasteiger partial charge in [0.1, 0.15) is 0 Å². The fraction of sp³-hybridized carbons (Fsp3) is 1.00. The molecular formula is C5H13N3O3S2. The van der Waals surface area contributed by atoms with E-state index in [4.69, 9.17) is 5.14 Å². The van der Waals surface area contributed by atoms with E-state index in [1.807, 2.05) is 0 Å². The summed E-state index contributed by atoms with van der Waals surface area (Å²) in [6, 6.07) is 0. The smallest absolute Gasteiger partial charge is 0.243 e. The third kappa shape index (κ3) is 2.99. The van der Waals surface area contributed by atoms with E-state index in [1.54, 1.807) is 10.6 Å². The van der Waals surface area contributed by atoms with E-state index in [2.05, 4.69) is 0 Å². The summed E-state index contributed by atoms with van der Waals surface area (Å²) in [5, 5.41) is 4.94. The molecule has 6 nitrogen and oxygen atoms in total. The van der Waals surface area contributed by atoms with Gasteiger partial charge in [-0.2, -0.15) is 12.7 Å². The van der Waals surface area contributed by atoms with Gasteiger partial charge in [0.05, 0.1) is 11.0 Å². The zero-order valence-electron chi connectivity index (χ0n) is 7.34. The predicted octanol–water partition coefficient (Wildman–Crippen LogP) is -1.90. The van der Waals surface area contributed by atoms with Gasteiger partial charge in [0.2, 0.25) is 0 Å². The first-order chi connectivity index (χ1) is 5.91. The Morgan fingerprint density at radius 2 is 1.69 bits per heavy atom. The molecule has 1 atom stereocenters. The summed E-state index contributed by atoms with van der Waals surface area (Å²) < 4.78 is 35.6. The molecule has 1 rings (SSSR count). The Morgan fingerprint density at radius 1 is 1.23 bits per heavy atom. The maximum atomic E-state index is 11.0. The summed E-state index contributed by atoms with van der Waals surface area (Å²) in [5.74, 6) is 0. The van der Waals surface area contributed by atoms with Gasteiger partial charge in [0.25, 0.3) is 10.2 Å². The van der Waals surface area contributed by atoms with Crippen molar-refractivity contribution in [2.24, 2.45) is 5.14 Å². The van der Waals surface area contributed by atoms with Crippen LogP contribution in [-0.2, 0) is 21.2 Å². The number of rotatable bonds is 2. The molecule has 0 aromatic heterocycles. The van der Waals surface area contributed by atoms with Crippen LogP contribution in [0.3, 0.4) is 0 Å². The summed E-state index contributed by atoms with van der Waals surface area (Å²) in [6.45, 7) is 1.58. The van der Waals surface area contributed by atoms with Gasteiger partial charge in [-0.3, -0.25) is 0 Å². The minimum atomic E-state index is -3.57. The fourth-order valence-corrected chi connectivity index (χ4v) is 2.53. The molecule has 2 N–H and O–H groups in total. The molecule has 0 aromatic carbocycles. The molecular weight excluding hydrogens is 214 g/mol. The van der Waals surface area contributed by atoms with Crippen molar-refractivity contribution in [3.05, 3.63) is 0 Å². The Labute approximate surface area is 80.5 Å². The molecule has 1 saturated heterocycles. The Bertz CT molecular complexity index is 294. The van der Waals surface area contributed by atoms with Gasteiger partial charge in [-0.1, -0.05) is 0 Å². The molecule has 0 aliphatic carbocycles. The van der Waals surface area contributed by atoms with Crippen LogP contribution < -0.4 is 5.14 Å². The fourth-order valence-electron chi connectivity index (χ4n) is 1.18. The first-order valence-electron chi connectivity index (χ1n) is 3.77. The van der Waals surface area contributed by atoms with E-state index >= 15 is 0 Å². The highest BCUT2D eigenvalue weighted by atomic mass is 32.2. The summed E-state index contributed by atoms with van der Waals surface area (Å²) in [4.78, 5) is 0. The summed E-state index contributed by atoms with van der Waals surface area (Å²) in [7, 11) is -4.59. The second-order valence-electron chi connectivity index (χ2n) is 2.80. The number of piperazine rings is 1. The van der Waals surface area contributed by atoms with Crippen LogP contribution in [0.2, 0.25) is 0 Å². The van der Waals surface area contributed by atoms with Crippen molar-refractivity contribution in [3.63, 3.8) is 0 Å². The monoisotopic (exact) mass is 227 g/mol. The second-order valence-corrected chi connectivity index (χ2v) is 5.71. The molecule has 1 unspecified atom stereocenters. The Morgan fingerprint density at radius 3 is 2.00 bits per heavy atom. The number of hydrogen-bond donors (Lipinski definition) is 1. The Kier molecular flexibility index (Phi) is 3.41. The van der Waals surface area contributed by atoms with E-state index < -0.39 is 21.2 Å². The van der Waals surface area contributed by atoms with Crippen LogP contribution in [0.4, 0.5) is 0 Å². The van der Waals surface area contributed by atoms with Crippen molar-refractivity contribution in [1.29, 1.82) is 0 Å². The molecule has 1 fully saturated rings. The van der Waals surface area contributed by atoms with E-state index in [9.17, 15) is 12.6 Å². The lowest BCUT2D eigenvalue weighted by atomic mass is 10.4. The van der Waals surface area contributed by atoms with Crippen LogP contribution in [0.5, 0.6) is 0 Å². The molecule has 0 radical (unpaired) electrons. The highest BCUT2D eigenvalue weighted by Crippen LogP contribution is 2.05. The summed E-state index contributed by atoms with van der Waals surface area (Å²) in [5.41, 5.74) is 0. The van der Waals surface area contributed by atoms with Crippen LogP contribution in [0.1, 0.15) is 0 Å². The minimum absolute atomic E-state index is 0.318. The zero-order valence-corrected chi connectivity index (χ0v) is 8.97. The van der Waals surface area contributed by atoms with Crippen LogP contribution >= 0.6 is 0 Å². The molecule has 0 amide bonds. The van der Waals surface area contributed by atoms with Gasteiger partial charge in [0, 0.05) is 32.4 Å². The van der Waals surface area contributed by atoms with Gasteiger partial charge < -0.3 is 0 Å². The molecule has 1 aliphatic rings. The molecule has 1 aliphatic heterocycles. The van der Waals surface area contributed by atoms with Crippen LogP contribution in [0.15, 0.2) is 0 Å². The Balaban J connectivity index is 2.53. The van der Waals surface area contributed by atoms with Crippen molar-refractivity contribution in [2.75, 3.05) is 32.4 Å². The van der Waals surface area contributed by atoms with Crippen molar-refractivity contribution < 1.29 is 12.6 Å². The summed E-state index contributed by atoms with van der Waals surface area (Å²) >= 11 is 0. The molecule has 0 bridgehead atoms. The largest absolute Gasteiger partial charge is 0.276 e. The molecule has 78 valence electrons. The standard InChI is InChI=1S/C5H13N3O3S2/c1-12(9)7-2-4-8(5-3-7)13(6,10)11/h2-5H2,1H3,(H2,6,10,11). The number of nitrogens with two attached hydrogens (primary N) is 1. The van der Waals surface area contributed by atoms with E-state index in [0.717, 1.165) is 0 Å². The van der Waals surface area contributed by atoms with Gasteiger partial charge in [-0.15, -0.1) is 0 Å². The lowest BCUT2D eigenvalue weighted by molar-refractivity contribution is 0.283. The Hall–Kier alpha value is -0.0200. The highest BCUT2D eigenvalue weighted by molar-refractivity contribution is 7.86. The third-order valence-electron chi connectivity index (χ3n) is 1.92. The molecule has 1 heterocycles. The lowest BCUT2D eigenvalue weighted by Gasteiger charge is -2.30. The zero-order chi connectivity index (χ0) is 10.1. The third-order valence-corrected chi connectivity index (χ3v) is 4.10. The topological polar surface area (TPSA) is 83.7 Å². The molecule has 0 spiro atoms. The van der Waals surface area contributed by atoms with Crippen molar-refractivity contribution >= 4 is 21.2 Å². The first-order valence-corrected chi connectivity index (χ1v) is 6.79. The van der Waals surface area contributed by atoms with Crippen molar-refractivity contribution in [3.8, 4) is 0 Å². The van der Waals surface area contributed by atoms with E-state index in [-0.39, 0.29) is 0 Å². The molecule has 0 saturated carbocycles. The van der Waals surface area contributed by atoms with Gasteiger partial charge in [-0.25, -0.2) is 13.7 Å². The van der Waals surface area contributed by atoms with Crippen LogP contribution in [0, 0.1) is 0 Å². The summed E-state index contributed by atoms with van der Waals surface area (Å²) in [6.07, 6.45) is 1.58. The van der Waals surface area contributed by atoms with Gasteiger partial charge in [-0.05, 0) is 0 Å². The molecule has 0 aromatic rings. The van der Waals surface area contributed by atoms with E-state index in [1.165, 1.54) is 4.31 Å². The lowest BCUT2D eigenvalue weighted by Crippen LogP contribution is -2.50. The molecule has 8 heteroatoms. The first kappa shape index (κ1) is 11.1. The second kappa shape index (κ2) is 4.01. The SMILES string of the molecule is CS(=O)N1CCN(S(N)(=O)=O)CC1. The van der Waals surface area contributed by atoms with Gasteiger partial charge >= 0.3 is 0 Å². The normalized spacial score (nSPS) is 24.5. The van der Waals surface area contributed by atoms with Crippen molar-refractivity contribution in [1.82, 2.24) is 8.61 Å². The number of nitrogens with zero attached hydrogens (tertiary/aromatic N) is 2. The highest BCUT2D eigenvalue weighted by Gasteiger charge is 2.24. The molecule has 13 heavy (non-hydrogen) atoms. The van der Waals surface area contributed by atoms with Gasteiger partial charge in [0.15, 0.2) is 0 Å². The predicted molar refractivity (Wildman–Crippen MR) is 50.3 cm³/mol. The minimum Gasteiger partial charge on any atom is -0.243 e. The average molecular weight is 227 g/mol. The van der Waals surface area contributed by atoms with Crippen LogP contribution in [-0.4, -0.2) is 53.7 Å². The van der Waals surface area contributed by atoms with Crippen molar-refractivity contribution in [2.45, 2.75) is 0 Å². The average Bonchev–Trinajstić information content (AvgIpc) is 2.03.